The molecule has 17 heavy (non-hydrogen) atoms. The molecule has 0 atom stereocenters. The van der Waals surface area contributed by atoms with Gasteiger partial charge in [0.1, 0.15) is 12.0 Å². The molecular weight excluding hydrogens is 216 g/mol. The van der Waals surface area contributed by atoms with Gasteiger partial charge in [0.05, 0.1) is 0 Å². The average molecular weight is 236 g/mol. The normalized spacial score (nSPS) is 16.4. The Morgan fingerprint density at radius 3 is 2.53 bits per heavy atom. The van der Waals surface area contributed by atoms with E-state index < -0.39 is 0 Å². The molecule has 0 amide bonds. The van der Waals surface area contributed by atoms with Gasteiger partial charge in [0.2, 0.25) is 0 Å². The molecule has 1 aliphatic carbocycles. The lowest BCUT2D eigenvalue weighted by molar-refractivity contribution is 0.492. The fourth-order valence-electron chi connectivity index (χ4n) is 2.07. The summed E-state index contributed by atoms with van der Waals surface area (Å²) in [6.07, 6.45) is 6.48. The molecule has 1 aromatic rings. The lowest BCUT2D eigenvalue weighted by Crippen LogP contribution is -2.23. The average Bonchev–Trinajstić information content (AvgIpc) is 2.76. The zero-order chi connectivity index (χ0) is 12.3. The Hall–Kier alpha value is -1.56. The number of rotatable bonds is 4. The number of nitrogen functional groups attached to an aromatic ring is 1. The van der Waals surface area contributed by atoms with Crippen molar-refractivity contribution < 1.29 is 0 Å². The van der Waals surface area contributed by atoms with Crippen LogP contribution < -0.4 is 16.5 Å². The van der Waals surface area contributed by atoms with Gasteiger partial charge >= 0.3 is 0 Å². The summed E-state index contributed by atoms with van der Waals surface area (Å²) in [4.78, 5) is 8.33. The number of hydrogen-bond donors (Lipinski definition) is 3. The Bertz CT molecular complexity index is 372. The van der Waals surface area contributed by atoms with E-state index in [2.05, 4.69) is 20.7 Å². The summed E-state index contributed by atoms with van der Waals surface area (Å²) in [6.45, 7) is 0. The second kappa shape index (κ2) is 5.18. The van der Waals surface area contributed by atoms with Crippen molar-refractivity contribution in [3.63, 3.8) is 0 Å². The molecule has 0 aromatic carbocycles. The third-order valence-electron chi connectivity index (χ3n) is 2.91. The van der Waals surface area contributed by atoms with Gasteiger partial charge in [0, 0.05) is 20.1 Å². The Morgan fingerprint density at radius 2 is 1.88 bits per heavy atom. The van der Waals surface area contributed by atoms with Crippen molar-refractivity contribution >= 4 is 17.3 Å². The Labute approximate surface area is 102 Å². The van der Waals surface area contributed by atoms with Crippen molar-refractivity contribution in [1.29, 1.82) is 0 Å². The molecule has 1 aromatic heterocycles. The van der Waals surface area contributed by atoms with Crippen molar-refractivity contribution in [2.24, 2.45) is 0 Å². The topological polar surface area (TPSA) is 79.1 Å². The van der Waals surface area contributed by atoms with Gasteiger partial charge in [-0.1, -0.05) is 12.8 Å². The predicted molar refractivity (Wildman–Crippen MR) is 69.6 cm³/mol. The van der Waals surface area contributed by atoms with Crippen LogP contribution in [0.4, 0.5) is 17.3 Å². The van der Waals surface area contributed by atoms with Gasteiger partial charge < -0.3 is 16.5 Å². The minimum atomic E-state index is 0.499. The SMILES string of the molecule is CN(C)Nc1ncnc(NC2CCCC2)c1N. The van der Waals surface area contributed by atoms with Gasteiger partial charge in [0.15, 0.2) is 11.6 Å². The zero-order valence-corrected chi connectivity index (χ0v) is 10.4. The molecule has 0 saturated heterocycles. The van der Waals surface area contributed by atoms with E-state index in [1.165, 1.54) is 32.0 Å². The van der Waals surface area contributed by atoms with Gasteiger partial charge in [-0.2, -0.15) is 0 Å². The van der Waals surface area contributed by atoms with E-state index in [9.17, 15) is 0 Å². The van der Waals surface area contributed by atoms with Crippen molar-refractivity contribution in [2.45, 2.75) is 31.7 Å². The van der Waals surface area contributed by atoms with Gasteiger partial charge in [-0.05, 0) is 12.8 Å². The summed E-state index contributed by atoms with van der Waals surface area (Å²) in [5.74, 6) is 1.38. The lowest BCUT2D eigenvalue weighted by Gasteiger charge is -2.18. The van der Waals surface area contributed by atoms with Gasteiger partial charge in [0.25, 0.3) is 0 Å². The molecule has 1 aliphatic rings. The third kappa shape index (κ3) is 2.97. The maximum Gasteiger partial charge on any atom is 0.169 e. The highest BCUT2D eigenvalue weighted by Crippen LogP contribution is 2.27. The van der Waals surface area contributed by atoms with Crippen LogP contribution in [0.3, 0.4) is 0 Å². The van der Waals surface area contributed by atoms with Crippen LogP contribution in [0.5, 0.6) is 0 Å². The second-order valence-electron chi connectivity index (χ2n) is 4.62. The molecule has 4 N–H and O–H groups in total. The van der Waals surface area contributed by atoms with Crippen molar-refractivity contribution in [3.05, 3.63) is 6.33 Å². The number of nitrogens with one attached hydrogen (secondary N) is 2. The van der Waals surface area contributed by atoms with E-state index in [4.69, 9.17) is 5.73 Å². The minimum absolute atomic E-state index is 0.499. The summed E-state index contributed by atoms with van der Waals surface area (Å²) in [7, 11) is 3.79. The van der Waals surface area contributed by atoms with E-state index in [0.29, 0.717) is 17.5 Å². The summed E-state index contributed by atoms with van der Waals surface area (Å²) in [5.41, 5.74) is 9.67. The molecule has 6 nitrogen and oxygen atoms in total. The molecule has 0 spiro atoms. The summed E-state index contributed by atoms with van der Waals surface area (Å²) >= 11 is 0. The second-order valence-corrected chi connectivity index (χ2v) is 4.62. The molecule has 1 fully saturated rings. The molecule has 1 heterocycles. The molecule has 0 bridgehead atoms. The molecule has 6 heteroatoms. The maximum absolute atomic E-state index is 6.03. The van der Waals surface area contributed by atoms with E-state index >= 15 is 0 Å². The molecule has 94 valence electrons. The monoisotopic (exact) mass is 236 g/mol. The van der Waals surface area contributed by atoms with Crippen LogP contribution in [0.1, 0.15) is 25.7 Å². The molecule has 2 rings (SSSR count). The maximum atomic E-state index is 6.03. The lowest BCUT2D eigenvalue weighted by atomic mass is 10.2. The first kappa shape index (κ1) is 11.9. The molecule has 1 saturated carbocycles. The minimum Gasteiger partial charge on any atom is -0.393 e. The Morgan fingerprint density at radius 1 is 1.24 bits per heavy atom. The zero-order valence-electron chi connectivity index (χ0n) is 10.4. The summed E-state index contributed by atoms with van der Waals surface area (Å²) < 4.78 is 0. The van der Waals surface area contributed by atoms with E-state index in [0.717, 1.165) is 5.82 Å². The first-order valence-corrected chi connectivity index (χ1v) is 5.98. The highest BCUT2D eigenvalue weighted by Gasteiger charge is 2.17. The fourth-order valence-corrected chi connectivity index (χ4v) is 2.07. The number of hydrogen-bond acceptors (Lipinski definition) is 6. The van der Waals surface area contributed by atoms with Crippen LogP contribution in [-0.2, 0) is 0 Å². The van der Waals surface area contributed by atoms with E-state index in [1.54, 1.807) is 5.01 Å². The van der Waals surface area contributed by atoms with Crippen molar-refractivity contribution in [3.8, 4) is 0 Å². The summed E-state index contributed by atoms with van der Waals surface area (Å²) in [6, 6.07) is 0.499. The standard InChI is InChI=1S/C11H20N6/c1-17(2)16-11-9(12)10(13-7-14-11)15-8-5-3-4-6-8/h7-8H,3-6,12H2,1-2H3,(H2,13,14,15,16). The smallest absolute Gasteiger partial charge is 0.169 e. The predicted octanol–water partition coefficient (Wildman–Crippen LogP) is 1.30. The highest BCUT2D eigenvalue weighted by atomic mass is 15.5. The molecular formula is C11H20N6. The van der Waals surface area contributed by atoms with Crippen LogP contribution in [0.15, 0.2) is 6.33 Å². The highest BCUT2D eigenvalue weighted by molar-refractivity contribution is 5.73. The van der Waals surface area contributed by atoms with E-state index in [1.807, 2.05) is 14.1 Å². The van der Waals surface area contributed by atoms with Crippen molar-refractivity contribution in [1.82, 2.24) is 15.0 Å². The first-order valence-electron chi connectivity index (χ1n) is 5.98. The first-order chi connectivity index (χ1) is 8.16. The quantitative estimate of drug-likeness (QED) is 0.684. The molecule has 0 aliphatic heterocycles. The number of hydrazine groups is 1. The Balaban J connectivity index is 2.10. The molecule has 0 radical (unpaired) electrons. The van der Waals surface area contributed by atoms with Gasteiger partial charge in [-0.25, -0.2) is 15.0 Å². The van der Waals surface area contributed by atoms with Crippen LogP contribution in [0, 0.1) is 0 Å². The fraction of sp³-hybridized carbons (Fsp3) is 0.636. The number of aromatic nitrogens is 2. The van der Waals surface area contributed by atoms with Crippen LogP contribution in [-0.4, -0.2) is 35.1 Å². The van der Waals surface area contributed by atoms with Gasteiger partial charge in [-0.3, -0.25) is 0 Å². The van der Waals surface area contributed by atoms with Crippen LogP contribution in [0.25, 0.3) is 0 Å². The molecule has 0 unspecified atom stereocenters. The van der Waals surface area contributed by atoms with Crippen molar-refractivity contribution in [2.75, 3.05) is 30.6 Å². The Kier molecular flexibility index (Phi) is 3.63. The largest absolute Gasteiger partial charge is 0.393 e. The van der Waals surface area contributed by atoms with Crippen LogP contribution >= 0.6 is 0 Å². The van der Waals surface area contributed by atoms with Crippen LogP contribution in [0.2, 0.25) is 0 Å². The van der Waals surface area contributed by atoms with Gasteiger partial charge in [-0.15, -0.1) is 0 Å². The summed E-state index contributed by atoms with van der Waals surface area (Å²) in [5, 5.41) is 5.19. The third-order valence-corrected chi connectivity index (χ3v) is 2.91. The number of anilines is 3. The van der Waals surface area contributed by atoms with E-state index in [-0.39, 0.29) is 0 Å². The number of nitrogens with two attached hydrogens (primary N) is 1. The number of nitrogens with zero attached hydrogens (tertiary/aromatic N) is 3.